The van der Waals surface area contributed by atoms with Gasteiger partial charge in [0.25, 0.3) is 11.5 Å². The van der Waals surface area contributed by atoms with Crippen LogP contribution in [0.5, 0.6) is 11.5 Å². The Hall–Kier alpha value is -3.55. The van der Waals surface area contributed by atoms with E-state index in [1.165, 1.54) is 23.8 Å². The minimum absolute atomic E-state index is 0.0270. The number of pyridine rings is 1. The zero-order chi connectivity index (χ0) is 21.4. The van der Waals surface area contributed by atoms with E-state index in [2.05, 4.69) is 0 Å². The van der Waals surface area contributed by atoms with Crippen LogP contribution in [-0.4, -0.2) is 41.7 Å². The first-order chi connectivity index (χ1) is 14.4. The smallest absolute Gasteiger partial charge is 0.349 e. The maximum absolute atomic E-state index is 12.9. The van der Waals surface area contributed by atoms with Crippen molar-refractivity contribution in [2.45, 2.75) is 19.4 Å². The maximum Gasteiger partial charge on any atom is 0.349 e. The van der Waals surface area contributed by atoms with E-state index in [1.54, 1.807) is 36.2 Å². The van der Waals surface area contributed by atoms with E-state index in [9.17, 15) is 14.4 Å². The van der Waals surface area contributed by atoms with Crippen LogP contribution >= 0.6 is 0 Å². The fourth-order valence-corrected chi connectivity index (χ4v) is 3.60. The number of aromatic nitrogens is 1. The number of carbonyl (C=O) groups excluding carboxylic acids is 1. The lowest BCUT2D eigenvalue weighted by Crippen LogP contribution is -2.34. The lowest BCUT2D eigenvalue weighted by atomic mass is 10.1. The van der Waals surface area contributed by atoms with Gasteiger partial charge in [-0.15, -0.1) is 0 Å². The average Bonchev–Trinajstić information content (AvgIpc) is 3.19. The Morgan fingerprint density at radius 1 is 1.20 bits per heavy atom. The molecule has 1 unspecified atom stereocenters. The van der Waals surface area contributed by atoms with E-state index in [-0.39, 0.29) is 17.2 Å². The molecule has 0 bridgehead atoms. The molecule has 156 valence electrons. The molecule has 30 heavy (non-hydrogen) atoms. The molecule has 1 atom stereocenters. The molecule has 1 aliphatic heterocycles. The van der Waals surface area contributed by atoms with Crippen LogP contribution in [0.1, 0.15) is 22.5 Å². The summed E-state index contributed by atoms with van der Waals surface area (Å²) in [7, 11) is 3.18. The number of fused-ring (bicyclic) bond motifs is 1. The number of ether oxygens (including phenoxy) is 2. The molecule has 4 rings (SSSR count). The number of methoxy groups -OCH3 is 1. The van der Waals surface area contributed by atoms with Gasteiger partial charge in [0.2, 0.25) is 0 Å². The number of amides is 1. The molecular weight excluding hydrogens is 388 g/mol. The first-order valence-corrected chi connectivity index (χ1v) is 9.62. The van der Waals surface area contributed by atoms with Crippen molar-refractivity contribution in [3.05, 3.63) is 68.4 Å². The van der Waals surface area contributed by atoms with E-state index < -0.39 is 11.5 Å². The van der Waals surface area contributed by atoms with E-state index in [4.69, 9.17) is 13.9 Å². The van der Waals surface area contributed by atoms with Crippen LogP contribution in [0.25, 0.3) is 11.0 Å². The monoisotopic (exact) mass is 410 g/mol. The molecule has 0 N–H and O–H groups in total. The Morgan fingerprint density at radius 2 is 2.00 bits per heavy atom. The summed E-state index contributed by atoms with van der Waals surface area (Å²) in [5, 5.41) is 0.611. The van der Waals surface area contributed by atoms with Crippen LogP contribution in [0.2, 0.25) is 0 Å². The summed E-state index contributed by atoms with van der Waals surface area (Å²) in [6, 6.07) is 9.96. The summed E-state index contributed by atoms with van der Waals surface area (Å²) in [4.78, 5) is 38.9. The largest absolute Gasteiger partial charge is 0.493 e. The highest BCUT2D eigenvalue weighted by Gasteiger charge is 2.30. The lowest BCUT2D eigenvalue weighted by molar-refractivity contribution is 0.0768. The molecule has 8 heteroatoms. The van der Waals surface area contributed by atoms with Crippen LogP contribution in [0.15, 0.2) is 50.4 Å². The zero-order valence-corrected chi connectivity index (χ0v) is 17.0. The quantitative estimate of drug-likeness (QED) is 0.612. The summed E-state index contributed by atoms with van der Waals surface area (Å²) in [5.41, 5.74) is 0.211. The van der Waals surface area contributed by atoms with Crippen LogP contribution in [-0.2, 0) is 7.05 Å². The normalized spacial score (nSPS) is 16.1. The second-order valence-corrected chi connectivity index (χ2v) is 7.34. The second kappa shape index (κ2) is 7.70. The van der Waals surface area contributed by atoms with Gasteiger partial charge < -0.3 is 23.4 Å². The van der Waals surface area contributed by atoms with Crippen LogP contribution in [0.4, 0.5) is 0 Å². The molecule has 3 aromatic rings. The van der Waals surface area contributed by atoms with Gasteiger partial charge in [0.05, 0.1) is 13.7 Å². The predicted molar refractivity (Wildman–Crippen MR) is 110 cm³/mol. The molecule has 0 radical (unpaired) electrons. The third-order valence-corrected chi connectivity index (χ3v) is 5.39. The molecule has 1 aliphatic rings. The van der Waals surface area contributed by atoms with Crippen molar-refractivity contribution in [1.82, 2.24) is 9.47 Å². The second-order valence-electron chi connectivity index (χ2n) is 7.34. The van der Waals surface area contributed by atoms with E-state index in [0.717, 1.165) is 5.69 Å². The van der Waals surface area contributed by atoms with E-state index >= 15 is 0 Å². The van der Waals surface area contributed by atoms with Crippen LogP contribution < -0.4 is 20.7 Å². The number of hydrogen-bond acceptors (Lipinski definition) is 6. The number of nitrogens with zero attached hydrogens (tertiary/aromatic N) is 2. The van der Waals surface area contributed by atoms with Crippen molar-refractivity contribution < 1.29 is 18.7 Å². The minimum Gasteiger partial charge on any atom is -0.493 e. The summed E-state index contributed by atoms with van der Waals surface area (Å²) >= 11 is 0. The molecule has 1 saturated heterocycles. The summed E-state index contributed by atoms with van der Waals surface area (Å²) in [6.45, 7) is 2.60. The molecule has 0 aliphatic carbocycles. The van der Waals surface area contributed by atoms with Gasteiger partial charge in [0, 0.05) is 37.2 Å². The summed E-state index contributed by atoms with van der Waals surface area (Å²) in [6.07, 6.45) is 0.347. The third kappa shape index (κ3) is 3.56. The van der Waals surface area contributed by atoms with Crippen LogP contribution in [0.3, 0.4) is 0 Å². The van der Waals surface area contributed by atoms with Gasteiger partial charge in [-0.2, -0.15) is 0 Å². The van der Waals surface area contributed by atoms with Gasteiger partial charge in [-0.05, 0) is 25.1 Å². The van der Waals surface area contributed by atoms with Crippen molar-refractivity contribution in [1.29, 1.82) is 0 Å². The standard InChI is InChI=1S/C22H22N2O6/c1-13-9-16(11-19(25)23(13)2)29-15-7-8-24(12-15)21(26)17-10-14-5-4-6-18(28-3)20(14)30-22(17)27/h4-6,9-11,15H,7-8,12H2,1-3H3. The number of likely N-dealkylation sites (tertiary alicyclic amines) is 1. The van der Waals surface area contributed by atoms with Crippen molar-refractivity contribution in [2.24, 2.45) is 7.05 Å². The number of carbonyl (C=O) groups is 1. The fourth-order valence-electron chi connectivity index (χ4n) is 3.60. The average molecular weight is 410 g/mol. The Balaban J connectivity index is 1.53. The first kappa shape index (κ1) is 19.8. The highest BCUT2D eigenvalue weighted by atomic mass is 16.5. The molecule has 0 spiro atoms. The molecule has 8 nitrogen and oxygen atoms in total. The summed E-state index contributed by atoms with van der Waals surface area (Å²) in [5.74, 6) is 0.509. The third-order valence-electron chi connectivity index (χ3n) is 5.39. The first-order valence-electron chi connectivity index (χ1n) is 9.62. The van der Waals surface area contributed by atoms with Gasteiger partial charge in [-0.1, -0.05) is 12.1 Å². The number of hydrogen-bond donors (Lipinski definition) is 0. The Bertz CT molecular complexity index is 1240. The van der Waals surface area contributed by atoms with Gasteiger partial charge in [0.1, 0.15) is 17.4 Å². The number of rotatable bonds is 4. The Kier molecular flexibility index (Phi) is 5.07. The van der Waals surface area contributed by atoms with Gasteiger partial charge >= 0.3 is 5.63 Å². The van der Waals surface area contributed by atoms with Crippen LogP contribution in [0, 0.1) is 6.92 Å². The number of aryl methyl sites for hydroxylation is 1. The molecule has 1 fully saturated rings. The fraction of sp³-hybridized carbons (Fsp3) is 0.318. The van der Waals surface area contributed by atoms with Gasteiger partial charge in [0.15, 0.2) is 11.3 Å². The van der Waals surface area contributed by atoms with E-state index in [1.807, 2.05) is 6.92 Å². The van der Waals surface area contributed by atoms with Crippen molar-refractivity contribution in [3.8, 4) is 11.5 Å². The molecule has 0 saturated carbocycles. The Morgan fingerprint density at radius 3 is 2.73 bits per heavy atom. The molecule has 2 aromatic heterocycles. The predicted octanol–water partition coefficient (Wildman–Crippen LogP) is 2.10. The topological polar surface area (TPSA) is 91.0 Å². The van der Waals surface area contributed by atoms with Crippen molar-refractivity contribution in [3.63, 3.8) is 0 Å². The zero-order valence-electron chi connectivity index (χ0n) is 17.0. The minimum atomic E-state index is -0.705. The maximum atomic E-state index is 12.9. The SMILES string of the molecule is COc1cccc2cc(C(=O)N3CCC(Oc4cc(C)n(C)c(=O)c4)C3)c(=O)oc12. The Labute approximate surface area is 172 Å². The molecule has 1 aromatic carbocycles. The summed E-state index contributed by atoms with van der Waals surface area (Å²) < 4.78 is 18.0. The number of para-hydroxylation sites is 1. The van der Waals surface area contributed by atoms with E-state index in [0.29, 0.717) is 42.0 Å². The highest BCUT2D eigenvalue weighted by molar-refractivity contribution is 5.97. The van der Waals surface area contributed by atoms with Crippen molar-refractivity contribution >= 4 is 16.9 Å². The highest BCUT2D eigenvalue weighted by Crippen LogP contribution is 2.25. The van der Waals surface area contributed by atoms with Crippen molar-refractivity contribution in [2.75, 3.05) is 20.2 Å². The van der Waals surface area contributed by atoms with Gasteiger partial charge in [-0.3, -0.25) is 9.59 Å². The molecular formula is C22H22N2O6. The molecule has 1 amide bonds. The molecule has 3 heterocycles. The lowest BCUT2D eigenvalue weighted by Gasteiger charge is -2.17. The number of benzene rings is 1. The van der Waals surface area contributed by atoms with Gasteiger partial charge in [-0.25, -0.2) is 4.79 Å².